The molecule has 1 N–H and O–H groups in total. The first kappa shape index (κ1) is 13.5. The monoisotopic (exact) mass is 280 g/mol. The maximum atomic E-state index is 13.7. The molecule has 0 aliphatic heterocycles. The lowest BCUT2D eigenvalue weighted by Gasteiger charge is -2.14. The highest BCUT2D eigenvalue weighted by Crippen LogP contribution is 2.32. The van der Waals surface area contributed by atoms with E-state index in [4.69, 9.17) is 0 Å². The lowest BCUT2D eigenvalue weighted by atomic mass is 10.2. The molecule has 100 valence electrons. The molecule has 0 radical (unpaired) electrons. The molecule has 1 aromatic carbocycles. The van der Waals surface area contributed by atoms with E-state index in [1.807, 2.05) is 26.0 Å². The van der Waals surface area contributed by atoms with Crippen molar-refractivity contribution in [1.29, 1.82) is 0 Å². The Balaban J connectivity index is 2.30. The second-order valence-electron chi connectivity index (χ2n) is 4.21. The average molecular weight is 280 g/mol. The molecular formula is C13H13FN2O2S. The lowest BCUT2D eigenvalue weighted by Crippen LogP contribution is -2.08. The van der Waals surface area contributed by atoms with Crippen LogP contribution in [0.3, 0.4) is 0 Å². The summed E-state index contributed by atoms with van der Waals surface area (Å²) in [6.45, 7) is 3.83. The molecule has 0 spiro atoms. The molecule has 1 atom stereocenters. The van der Waals surface area contributed by atoms with Crippen molar-refractivity contribution in [1.82, 2.24) is 0 Å². The lowest BCUT2D eigenvalue weighted by molar-refractivity contribution is -0.384. The van der Waals surface area contributed by atoms with Gasteiger partial charge in [0.1, 0.15) is 5.69 Å². The van der Waals surface area contributed by atoms with Gasteiger partial charge in [-0.3, -0.25) is 10.1 Å². The van der Waals surface area contributed by atoms with E-state index in [1.54, 1.807) is 11.3 Å². The van der Waals surface area contributed by atoms with E-state index in [9.17, 15) is 14.5 Å². The molecule has 1 heterocycles. The van der Waals surface area contributed by atoms with Crippen molar-refractivity contribution in [2.75, 3.05) is 5.32 Å². The van der Waals surface area contributed by atoms with E-state index < -0.39 is 10.7 Å². The topological polar surface area (TPSA) is 55.2 Å². The molecule has 2 aromatic rings. The Morgan fingerprint density at radius 1 is 1.37 bits per heavy atom. The van der Waals surface area contributed by atoms with Crippen LogP contribution in [0.25, 0.3) is 0 Å². The molecular weight excluding hydrogens is 267 g/mol. The molecule has 0 aliphatic rings. The molecule has 1 aromatic heterocycles. The minimum Gasteiger partial charge on any atom is -0.370 e. The van der Waals surface area contributed by atoms with Crippen LogP contribution in [0.2, 0.25) is 0 Å². The van der Waals surface area contributed by atoms with Crippen LogP contribution < -0.4 is 5.32 Å². The van der Waals surface area contributed by atoms with Crippen molar-refractivity contribution in [3.63, 3.8) is 0 Å². The van der Waals surface area contributed by atoms with Crippen molar-refractivity contribution in [2.45, 2.75) is 19.9 Å². The first-order chi connectivity index (χ1) is 8.99. The number of nitro groups is 1. The van der Waals surface area contributed by atoms with Crippen molar-refractivity contribution in [3.05, 3.63) is 56.0 Å². The van der Waals surface area contributed by atoms with Crippen LogP contribution in [0, 0.1) is 22.9 Å². The maximum absolute atomic E-state index is 13.7. The molecule has 0 bridgehead atoms. The quantitative estimate of drug-likeness (QED) is 0.672. The van der Waals surface area contributed by atoms with Gasteiger partial charge in [-0.05, 0) is 32.0 Å². The first-order valence-corrected chi connectivity index (χ1v) is 6.56. The Kier molecular flexibility index (Phi) is 3.80. The third kappa shape index (κ3) is 2.90. The van der Waals surface area contributed by atoms with Gasteiger partial charge in [-0.25, -0.2) is 4.39 Å². The third-order valence-corrected chi connectivity index (χ3v) is 3.92. The number of nitro benzene ring substituents is 1. The van der Waals surface area contributed by atoms with Crippen LogP contribution >= 0.6 is 11.3 Å². The van der Waals surface area contributed by atoms with E-state index in [0.29, 0.717) is 0 Å². The number of thiophene rings is 1. The van der Waals surface area contributed by atoms with Gasteiger partial charge in [0.25, 0.3) is 5.69 Å². The summed E-state index contributed by atoms with van der Waals surface area (Å²) in [7, 11) is 0. The van der Waals surface area contributed by atoms with Crippen LogP contribution in [0.4, 0.5) is 15.8 Å². The highest BCUT2D eigenvalue weighted by molar-refractivity contribution is 7.12. The number of nitrogens with zero attached hydrogens (tertiary/aromatic N) is 1. The average Bonchev–Trinajstić information content (AvgIpc) is 2.78. The minimum absolute atomic E-state index is 0.0638. The predicted molar refractivity (Wildman–Crippen MR) is 74.1 cm³/mol. The van der Waals surface area contributed by atoms with Gasteiger partial charge in [-0.15, -0.1) is 11.3 Å². The summed E-state index contributed by atoms with van der Waals surface area (Å²) in [5.74, 6) is -0.616. The van der Waals surface area contributed by atoms with E-state index in [-0.39, 0.29) is 17.4 Å². The zero-order chi connectivity index (χ0) is 14.0. The Hall–Kier alpha value is -1.95. The minimum atomic E-state index is -0.616. The number of hydrogen-bond donors (Lipinski definition) is 1. The second kappa shape index (κ2) is 5.36. The van der Waals surface area contributed by atoms with E-state index in [1.165, 1.54) is 18.2 Å². The maximum Gasteiger partial charge on any atom is 0.295 e. The number of anilines is 1. The standard InChI is InChI=1S/C13H13FN2O2S/c1-8-6-7-12(19-8)9(2)15-13-10(14)4-3-5-11(13)16(17)18/h3-7,9,15H,1-2H3. The molecule has 6 heteroatoms. The van der Waals surface area contributed by atoms with E-state index in [2.05, 4.69) is 5.32 Å². The Bertz CT molecular complexity index is 612. The van der Waals surface area contributed by atoms with Crippen LogP contribution in [0.5, 0.6) is 0 Å². The zero-order valence-electron chi connectivity index (χ0n) is 10.5. The SMILES string of the molecule is Cc1ccc(C(C)Nc2c(F)cccc2[N+](=O)[O-])s1. The van der Waals surface area contributed by atoms with E-state index >= 15 is 0 Å². The van der Waals surface area contributed by atoms with Gasteiger partial charge >= 0.3 is 0 Å². The Morgan fingerprint density at radius 2 is 2.11 bits per heavy atom. The van der Waals surface area contributed by atoms with Gasteiger partial charge in [-0.2, -0.15) is 0 Å². The molecule has 0 amide bonds. The van der Waals surface area contributed by atoms with Gasteiger partial charge in [0.2, 0.25) is 0 Å². The number of hydrogen-bond acceptors (Lipinski definition) is 4. The summed E-state index contributed by atoms with van der Waals surface area (Å²) >= 11 is 1.58. The molecule has 4 nitrogen and oxygen atoms in total. The zero-order valence-corrected chi connectivity index (χ0v) is 11.3. The largest absolute Gasteiger partial charge is 0.370 e. The highest BCUT2D eigenvalue weighted by atomic mass is 32.1. The molecule has 2 rings (SSSR count). The Labute approximate surface area is 114 Å². The fourth-order valence-electron chi connectivity index (χ4n) is 1.78. The number of halogens is 1. The summed E-state index contributed by atoms with van der Waals surface area (Å²) in [6.07, 6.45) is 0. The van der Waals surface area contributed by atoms with Gasteiger partial charge < -0.3 is 5.32 Å². The molecule has 0 fully saturated rings. The summed E-state index contributed by atoms with van der Waals surface area (Å²) in [5.41, 5.74) is -0.314. The molecule has 0 saturated carbocycles. The van der Waals surface area contributed by atoms with Gasteiger partial charge in [0.15, 0.2) is 5.82 Å². The summed E-state index contributed by atoms with van der Waals surface area (Å²) in [4.78, 5) is 12.5. The number of para-hydroxylation sites is 1. The van der Waals surface area contributed by atoms with Gasteiger partial charge in [0, 0.05) is 15.8 Å². The van der Waals surface area contributed by atoms with Crippen LogP contribution in [-0.4, -0.2) is 4.92 Å². The van der Waals surface area contributed by atoms with Crippen LogP contribution in [0.15, 0.2) is 30.3 Å². The van der Waals surface area contributed by atoms with Gasteiger partial charge in [-0.1, -0.05) is 6.07 Å². The number of benzene rings is 1. The highest BCUT2D eigenvalue weighted by Gasteiger charge is 2.20. The second-order valence-corrected chi connectivity index (χ2v) is 5.52. The van der Waals surface area contributed by atoms with Gasteiger partial charge in [0.05, 0.1) is 11.0 Å². The van der Waals surface area contributed by atoms with E-state index in [0.717, 1.165) is 9.75 Å². The predicted octanol–water partition coefficient (Wildman–Crippen LogP) is 4.28. The normalized spacial score (nSPS) is 12.2. The molecule has 19 heavy (non-hydrogen) atoms. The summed E-state index contributed by atoms with van der Waals surface area (Å²) in [5, 5.41) is 13.8. The number of rotatable bonds is 4. The summed E-state index contributed by atoms with van der Waals surface area (Å²) in [6, 6.07) is 7.55. The van der Waals surface area contributed by atoms with Crippen molar-refractivity contribution >= 4 is 22.7 Å². The molecule has 1 unspecified atom stereocenters. The fourth-order valence-corrected chi connectivity index (χ4v) is 2.66. The fraction of sp³-hybridized carbons (Fsp3) is 0.231. The smallest absolute Gasteiger partial charge is 0.295 e. The van der Waals surface area contributed by atoms with Crippen molar-refractivity contribution in [3.8, 4) is 0 Å². The number of aryl methyl sites for hydroxylation is 1. The Morgan fingerprint density at radius 3 is 2.68 bits per heavy atom. The van der Waals surface area contributed by atoms with Crippen LogP contribution in [-0.2, 0) is 0 Å². The molecule has 0 aliphatic carbocycles. The summed E-state index contributed by atoms with van der Waals surface area (Å²) < 4.78 is 13.7. The number of nitrogens with one attached hydrogen (secondary N) is 1. The third-order valence-electron chi connectivity index (χ3n) is 2.74. The van der Waals surface area contributed by atoms with Crippen molar-refractivity contribution < 1.29 is 9.31 Å². The molecule has 0 saturated heterocycles. The first-order valence-electron chi connectivity index (χ1n) is 5.75. The van der Waals surface area contributed by atoms with Crippen LogP contribution in [0.1, 0.15) is 22.7 Å². The van der Waals surface area contributed by atoms with Crippen molar-refractivity contribution in [2.24, 2.45) is 0 Å².